The smallest absolute Gasteiger partial charge is 0.226 e. The third-order valence-corrected chi connectivity index (χ3v) is 15.1. The van der Waals surface area contributed by atoms with Gasteiger partial charge in [-0.3, -0.25) is 4.79 Å². The van der Waals surface area contributed by atoms with E-state index in [0.717, 1.165) is 50.6 Å². The number of hydrogen-bond acceptors (Lipinski definition) is 7. The second kappa shape index (κ2) is 10.2. The third kappa shape index (κ3) is 4.62. The van der Waals surface area contributed by atoms with Crippen molar-refractivity contribution in [3.63, 3.8) is 0 Å². The molecule has 242 valence electrons. The first-order valence-corrected chi connectivity index (χ1v) is 17.8. The summed E-state index contributed by atoms with van der Waals surface area (Å²) in [5, 5.41) is 26.7. The first kappa shape index (κ1) is 31.9. The van der Waals surface area contributed by atoms with Crippen LogP contribution >= 0.6 is 11.3 Å². The number of hydrogen-bond donors (Lipinski definition) is 4. The van der Waals surface area contributed by atoms with Crippen LogP contribution in [0, 0.1) is 39.9 Å². The van der Waals surface area contributed by atoms with Crippen LogP contribution in [0.4, 0.5) is 5.13 Å². The van der Waals surface area contributed by atoms with Crippen molar-refractivity contribution >= 4 is 22.4 Å². The Hall–Kier alpha value is -1.06. The number of aliphatic hydroxyl groups is 2. The number of fused-ring (bicyclic) bond motifs is 6. The molecule has 5 N–H and O–H groups in total. The topological polar surface area (TPSA) is 118 Å². The van der Waals surface area contributed by atoms with E-state index in [0.29, 0.717) is 42.3 Å². The van der Waals surface area contributed by atoms with E-state index in [1.165, 1.54) is 11.3 Å². The van der Waals surface area contributed by atoms with Gasteiger partial charge in [-0.15, -0.1) is 11.3 Å². The minimum absolute atomic E-state index is 0.00970. The van der Waals surface area contributed by atoms with Crippen LogP contribution in [0.2, 0.25) is 0 Å². The Morgan fingerprint density at radius 1 is 1.07 bits per heavy atom. The number of carbonyl (C=O) groups excluding carboxylic acids is 1. The van der Waals surface area contributed by atoms with E-state index < -0.39 is 5.60 Å². The molecule has 1 saturated heterocycles. The number of rotatable bonds is 6. The van der Waals surface area contributed by atoms with Crippen LogP contribution in [0.15, 0.2) is 0 Å². The first-order valence-electron chi connectivity index (χ1n) is 17.0. The summed E-state index contributed by atoms with van der Waals surface area (Å²) in [6, 6.07) is 0. The number of anilines is 1. The molecule has 5 aliphatic rings. The van der Waals surface area contributed by atoms with E-state index in [-0.39, 0.29) is 51.3 Å². The fourth-order valence-corrected chi connectivity index (χ4v) is 13.2. The van der Waals surface area contributed by atoms with E-state index in [9.17, 15) is 15.0 Å². The van der Waals surface area contributed by atoms with E-state index in [1.54, 1.807) is 11.3 Å². The first-order chi connectivity index (χ1) is 19.9. The predicted octanol–water partition coefficient (Wildman–Crippen LogP) is 6.20. The summed E-state index contributed by atoms with van der Waals surface area (Å²) in [5.74, 6) is 1.34. The van der Waals surface area contributed by atoms with Crippen LogP contribution in [0.25, 0.3) is 0 Å². The predicted molar refractivity (Wildman–Crippen MR) is 172 cm³/mol. The van der Waals surface area contributed by atoms with Gasteiger partial charge in [0.1, 0.15) is 0 Å². The molecule has 1 amide bonds. The van der Waals surface area contributed by atoms with E-state index >= 15 is 0 Å². The molecule has 4 aliphatic carbocycles. The molecule has 8 heteroatoms. The highest BCUT2D eigenvalue weighted by atomic mass is 32.1. The van der Waals surface area contributed by atoms with Gasteiger partial charge in [-0.05, 0) is 125 Å². The second-order valence-electron chi connectivity index (χ2n) is 17.2. The second-order valence-corrected chi connectivity index (χ2v) is 18.3. The van der Waals surface area contributed by atoms with Crippen LogP contribution in [0.1, 0.15) is 124 Å². The van der Waals surface area contributed by atoms with Crippen molar-refractivity contribution in [2.24, 2.45) is 45.7 Å². The van der Waals surface area contributed by atoms with Gasteiger partial charge >= 0.3 is 0 Å². The molecule has 7 nitrogen and oxygen atoms in total. The SMILES string of the molecule is CC(C)(O)[C@@H]1CC[C@@](C)([C@H]2CC[C@]3(C)[C@@H]2[C@H](O)C[C@@H]2[C@@]4(C)Cc5sc(NC(=O)CCCN)nc5C(C)(C)[C@@H]4CC[C@]23C)O1. The molecule has 1 aliphatic heterocycles. The Kier molecular flexibility index (Phi) is 7.58. The molecule has 10 atom stereocenters. The normalized spacial score (nSPS) is 45.2. The van der Waals surface area contributed by atoms with E-state index in [4.69, 9.17) is 15.5 Å². The summed E-state index contributed by atoms with van der Waals surface area (Å²) in [4.78, 5) is 18.9. The summed E-state index contributed by atoms with van der Waals surface area (Å²) in [7, 11) is 0. The van der Waals surface area contributed by atoms with Gasteiger partial charge < -0.3 is 26.0 Å². The van der Waals surface area contributed by atoms with Gasteiger partial charge in [0.2, 0.25) is 5.91 Å². The van der Waals surface area contributed by atoms with Gasteiger partial charge in [0.25, 0.3) is 0 Å². The molecule has 0 bridgehead atoms. The lowest BCUT2D eigenvalue weighted by Gasteiger charge is -2.69. The molecular formula is C35H57N3O4S. The number of nitrogens with zero attached hydrogens (tertiary/aromatic N) is 1. The zero-order valence-corrected chi connectivity index (χ0v) is 28.7. The van der Waals surface area contributed by atoms with Crippen molar-refractivity contribution in [3.05, 3.63) is 10.6 Å². The monoisotopic (exact) mass is 615 g/mol. The molecule has 43 heavy (non-hydrogen) atoms. The van der Waals surface area contributed by atoms with E-state index in [2.05, 4.69) is 46.9 Å². The number of amides is 1. The number of aliphatic hydroxyl groups excluding tert-OH is 1. The van der Waals surface area contributed by atoms with Gasteiger partial charge in [-0.25, -0.2) is 4.98 Å². The maximum Gasteiger partial charge on any atom is 0.226 e. The lowest BCUT2D eigenvalue weighted by Crippen LogP contribution is -2.66. The molecule has 0 aromatic carbocycles. The minimum Gasteiger partial charge on any atom is -0.393 e. The van der Waals surface area contributed by atoms with Crippen molar-refractivity contribution in [1.29, 1.82) is 0 Å². The molecule has 0 spiro atoms. The summed E-state index contributed by atoms with van der Waals surface area (Å²) < 4.78 is 6.73. The Labute approximate surface area is 263 Å². The molecule has 3 saturated carbocycles. The summed E-state index contributed by atoms with van der Waals surface area (Å²) in [5.41, 5.74) is 5.66. The fourth-order valence-electron chi connectivity index (χ4n) is 11.9. The van der Waals surface area contributed by atoms with Crippen LogP contribution in [-0.4, -0.2) is 51.1 Å². The van der Waals surface area contributed by atoms with E-state index in [1.807, 2.05) is 13.8 Å². The summed E-state index contributed by atoms with van der Waals surface area (Å²) in [6.45, 7) is 18.8. The molecule has 0 radical (unpaired) electrons. The quantitative estimate of drug-likeness (QED) is 0.303. The van der Waals surface area contributed by atoms with Gasteiger partial charge in [0, 0.05) is 16.7 Å². The van der Waals surface area contributed by atoms with Gasteiger partial charge in [-0.1, -0.05) is 34.6 Å². The van der Waals surface area contributed by atoms with Crippen LogP contribution in [0.5, 0.6) is 0 Å². The highest BCUT2D eigenvalue weighted by Crippen LogP contribution is 2.76. The summed E-state index contributed by atoms with van der Waals surface area (Å²) in [6.07, 6.45) is 8.70. The number of carbonyl (C=O) groups is 1. The lowest BCUT2D eigenvalue weighted by atomic mass is 9.35. The third-order valence-electron chi connectivity index (χ3n) is 14.1. The van der Waals surface area contributed by atoms with Gasteiger partial charge in [0.15, 0.2) is 5.13 Å². The van der Waals surface area contributed by atoms with Gasteiger partial charge in [-0.2, -0.15) is 0 Å². The van der Waals surface area contributed by atoms with Crippen LogP contribution in [0.3, 0.4) is 0 Å². The zero-order valence-electron chi connectivity index (χ0n) is 27.9. The Morgan fingerprint density at radius 2 is 1.77 bits per heavy atom. The largest absolute Gasteiger partial charge is 0.393 e. The number of nitrogens with two attached hydrogens (primary N) is 1. The van der Waals surface area contributed by atoms with Crippen LogP contribution < -0.4 is 11.1 Å². The molecule has 6 rings (SSSR count). The average Bonchev–Trinajstić information content (AvgIpc) is 3.60. The maximum absolute atomic E-state index is 12.5. The van der Waals surface area contributed by atoms with Crippen molar-refractivity contribution in [2.45, 2.75) is 148 Å². The number of nitrogens with one attached hydrogen (secondary N) is 1. The highest BCUT2D eigenvalue weighted by molar-refractivity contribution is 7.15. The summed E-state index contributed by atoms with van der Waals surface area (Å²) >= 11 is 1.66. The fraction of sp³-hybridized carbons (Fsp3) is 0.886. The highest BCUT2D eigenvalue weighted by Gasteiger charge is 2.72. The molecule has 4 fully saturated rings. The van der Waals surface area contributed by atoms with Crippen molar-refractivity contribution < 1.29 is 19.7 Å². The Morgan fingerprint density at radius 3 is 2.42 bits per heavy atom. The van der Waals surface area contributed by atoms with Crippen molar-refractivity contribution in [3.8, 4) is 0 Å². The van der Waals surface area contributed by atoms with Crippen LogP contribution in [-0.2, 0) is 21.4 Å². The average molecular weight is 616 g/mol. The van der Waals surface area contributed by atoms with Crippen molar-refractivity contribution in [1.82, 2.24) is 4.98 Å². The molecule has 0 unspecified atom stereocenters. The Bertz CT molecular complexity index is 1260. The Balaban J connectivity index is 1.31. The number of thiazole rings is 1. The lowest BCUT2D eigenvalue weighted by molar-refractivity contribution is -0.227. The molecule has 1 aromatic heterocycles. The molecule has 2 heterocycles. The number of aromatic nitrogens is 1. The molecule has 1 aromatic rings. The minimum atomic E-state index is -0.856. The maximum atomic E-state index is 12.5. The van der Waals surface area contributed by atoms with Gasteiger partial charge in [0.05, 0.1) is 29.1 Å². The zero-order chi connectivity index (χ0) is 31.4. The van der Waals surface area contributed by atoms with Crippen molar-refractivity contribution in [2.75, 3.05) is 11.9 Å². The standard InChI is InChI=1S/C35H57N3O4S/c1-30(2)23-12-15-33(6)24(32(23,5)19-22-28(30)38-29(43-22)37-26(40)10-9-17-36)18-21(39)27-20(11-14-34(27,33)7)35(8)16-13-25(42-35)31(3,4)41/h20-21,23-25,27,39,41H,9-19,36H2,1-8H3,(H,37,38,40)/t20-,21+,23-,24+,25-,27-,32-,33+,34+,35-/m0/s1. The number of ether oxygens (including phenoxy) is 1. The molecular weight excluding hydrogens is 558 g/mol.